The second-order valence-corrected chi connectivity index (χ2v) is 9.50. The number of hydrogen-bond acceptors (Lipinski definition) is 5. The highest BCUT2D eigenvalue weighted by atomic mass is 35.5. The summed E-state index contributed by atoms with van der Waals surface area (Å²) in [5.74, 6) is 1.43. The van der Waals surface area contributed by atoms with Gasteiger partial charge in [-0.05, 0) is 74.1 Å². The lowest BCUT2D eigenvalue weighted by Crippen LogP contribution is -2.29. The Labute approximate surface area is 211 Å². The van der Waals surface area contributed by atoms with Gasteiger partial charge in [-0.2, -0.15) is 0 Å². The van der Waals surface area contributed by atoms with Gasteiger partial charge in [0, 0.05) is 36.4 Å². The van der Waals surface area contributed by atoms with E-state index in [0.717, 1.165) is 71.5 Å². The zero-order valence-corrected chi connectivity index (χ0v) is 21.3. The van der Waals surface area contributed by atoms with E-state index in [2.05, 4.69) is 57.8 Å². The minimum atomic E-state index is 0.714. The molecule has 1 aliphatic heterocycles. The predicted molar refractivity (Wildman–Crippen MR) is 142 cm³/mol. The van der Waals surface area contributed by atoms with Crippen LogP contribution in [0.4, 0.5) is 0 Å². The third-order valence-corrected chi connectivity index (χ3v) is 6.99. The van der Waals surface area contributed by atoms with Gasteiger partial charge in [-0.15, -0.1) is 0 Å². The number of benzene rings is 2. The first-order chi connectivity index (χ1) is 17.1. The predicted octanol–water partition coefficient (Wildman–Crippen LogP) is 5.48. The van der Waals surface area contributed by atoms with E-state index in [1.165, 1.54) is 12.1 Å². The third-order valence-electron chi connectivity index (χ3n) is 6.74. The number of aromatic nitrogens is 2. The third kappa shape index (κ3) is 5.01. The zero-order chi connectivity index (χ0) is 24.4. The molecule has 0 unspecified atom stereocenters. The summed E-state index contributed by atoms with van der Waals surface area (Å²) in [6.07, 6.45) is 3.35. The van der Waals surface area contributed by atoms with E-state index in [-0.39, 0.29) is 0 Å². The number of fused-ring (bicyclic) bond motifs is 1. The second kappa shape index (κ2) is 10.3. The molecule has 3 heterocycles. The fraction of sp³-hybridized carbons (Fsp3) is 0.321. The van der Waals surface area contributed by atoms with Crippen molar-refractivity contribution in [3.05, 3.63) is 71.5 Å². The Balaban J connectivity index is 1.60. The fourth-order valence-corrected chi connectivity index (χ4v) is 4.87. The zero-order valence-electron chi connectivity index (χ0n) is 20.5. The van der Waals surface area contributed by atoms with E-state index in [0.29, 0.717) is 5.75 Å². The van der Waals surface area contributed by atoms with Gasteiger partial charge >= 0.3 is 0 Å². The van der Waals surface area contributed by atoms with Crippen LogP contribution in [-0.2, 0) is 6.54 Å². The van der Waals surface area contributed by atoms with E-state index in [4.69, 9.17) is 26.1 Å². The van der Waals surface area contributed by atoms with E-state index >= 15 is 0 Å². The summed E-state index contributed by atoms with van der Waals surface area (Å²) in [4.78, 5) is 9.99. The Kier molecular flexibility index (Phi) is 6.95. The number of nitrogens with zero attached hydrogens (tertiary/aromatic N) is 4. The van der Waals surface area contributed by atoms with Crippen LogP contribution in [0.25, 0.3) is 28.0 Å². The van der Waals surface area contributed by atoms with Crippen molar-refractivity contribution in [3.8, 4) is 33.9 Å². The van der Waals surface area contributed by atoms with Crippen LogP contribution in [-0.4, -0.2) is 66.6 Å². The number of likely N-dealkylation sites (N-methyl/N-ethyl adjacent to an activating group) is 1. The standard InChI is InChI=1S/C28H31ClN4O2/c1-31-13-4-14-32(16-15-31)19-24-28(20-5-9-23(29)10-6-20)30-27-12-8-22(18-33(24)27)21-7-11-25(34-2)26(17-21)35-3/h5-12,17-18H,4,13-16,19H2,1-3H3. The van der Waals surface area contributed by atoms with Crippen molar-refractivity contribution in [2.24, 2.45) is 0 Å². The minimum absolute atomic E-state index is 0.714. The van der Waals surface area contributed by atoms with Crippen LogP contribution >= 0.6 is 11.6 Å². The first-order valence-electron chi connectivity index (χ1n) is 12.0. The van der Waals surface area contributed by atoms with Crippen molar-refractivity contribution in [1.29, 1.82) is 0 Å². The number of pyridine rings is 1. The van der Waals surface area contributed by atoms with Gasteiger partial charge in [0.1, 0.15) is 5.65 Å². The quantitative estimate of drug-likeness (QED) is 0.358. The average Bonchev–Trinajstić information content (AvgIpc) is 3.10. The molecule has 6 nitrogen and oxygen atoms in total. The van der Waals surface area contributed by atoms with Crippen LogP contribution in [0.5, 0.6) is 11.5 Å². The molecule has 4 aromatic rings. The maximum Gasteiger partial charge on any atom is 0.161 e. The minimum Gasteiger partial charge on any atom is -0.493 e. The lowest BCUT2D eigenvalue weighted by molar-refractivity contribution is 0.266. The van der Waals surface area contributed by atoms with Gasteiger partial charge in [0.05, 0.1) is 25.6 Å². The molecule has 0 atom stereocenters. The average molecular weight is 491 g/mol. The number of methoxy groups -OCH3 is 2. The summed E-state index contributed by atoms with van der Waals surface area (Å²) in [7, 11) is 5.52. The van der Waals surface area contributed by atoms with E-state index in [1.807, 2.05) is 24.3 Å². The second-order valence-electron chi connectivity index (χ2n) is 9.06. The summed E-state index contributed by atoms with van der Waals surface area (Å²) < 4.78 is 13.2. The first-order valence-corrected chi connectivity index (χ1v) is 12.3. The summed E-state index contributed by atoms with van der Waals surface area (Å²) in [6, 6.07) is 18.2. The van der Waals surface area contributed by atoms with Crippen LogP contribution in [0.3, 0.4) is 0 Å². The normalized spacial score (nSPS) is 15.3. The monoisotopic (exact) mass is 490 g/mol. The molecule has 1 fully saturated rings. The molecule has 5 rings (SSSR count). The van der Waals surface area contributed by atoms with Gasteiger partial charge in [-0.1, -0.05) is 29.8 Å². The van der Waals surface area contributed by atoms with Crippen LogP contribution in [0.15, 0.2) is 60.8 Å². The highest BCUT2D eigenvalue weighted by Gasteiger charge is 2.20. The molecule has 2 aromatic carbocycles. The maximum absolute atomic E-state index is 6.18. The van der Waals surface area contributed by atoms with E-state index in [1.54, 1.807) is 14.2 Å². The fourth-order valence-electron chi connectivity index (χ4n) is 4.74. The molecular weight excluding hydrogens is 460 g/mol. The van der Waals surface area contributed by atoms with Crippen molar-refractivity contribution >= 4 is 17.2 Å². The molecule has 0 N–H and O–H groups in total. The largest absolute Gasteiger partial charge is 0.493 e. The molecule has 7 heteroatoms. The summed E-state index contributed by atoms with van der Waals surface area (Å²) in [5, 5.41) is 0.727. The SMILES string of the molecule is COc1ccc(-c2ccc3nc(-c4ccc(Cl)cc4)c(CN4CCCN(C)CC4)n3c2)cc1OC. The van der Waals surface area contributed by atoms with Crippen LogP contribution in [0, 0.1) is 0 Å². The van der Waals surface area contributed by atoms with E-state index < -0.39 is 0 Å². The van der Waals surface area contributed by atoms with E-state index in [9.17, 15) is 0 Å². The molecule has 0 amide bonds. The highest BCUT2D eigenvalue weighted by molar-refractivity contribution is 6.30. The molecule has 182 valence electrons. The van der Waals surface area contributed by atoms with Gasteiger partial charge in [-0.3, -0.25) is 4.90 Å². The molecule has 0 bridgehead atoms. The molecule has 0 aliphatic carbocycles. The van der Waals surface area contributed by atoms with Gasteiger partial charge in [0.2, 0.25) is 0 Å². The number of halogens is 1. The molecule has 1 aliphatic rings. The lowest BCUT2D eigenvalue weighted by atomic mass is 10.1. The lowest BCUT2D eigenvalue weighted by Gasteiger charge is -2.21. The number of hydrogen-bond donors (Lipinski definition) is 0. The van der Waals surface area contributed by atoms with Gasteiger partial charge in [0.15, 0.2) is 11.5 Å². The first kappa shape index (κ1) is 23.7. The number of rotatable bonds is 6. The topological polar surface area (TPSA) is 42.2 Å². The molecule has 35 heavy (non-hydrogen) atoms. The van der Waals surface area contributed by atoms with Gasteiger partial charge in [0.25, 0.3) is 0 Å². The molecule has 1 saturated heterocycles. The van der Waals surface area contributed by atoms with Crippen molar-refractivity contribution in [3.63, 3.8) is 0 Å². The summed E-state index contributed by atoms with van der Waals surface area (Å²) >= 11 is 6.18. The van der Waals surface area contributed by atoms with Crippen molar-refractivity contribution in [2.45, 2.75) is 13.0 Å². The van der Waals surface area contributed by atoms with Crippen molar-refractivity contribution < 1.29 is 9.47 Å². The number of ether oxygens (including phenoxy) is 2. The van der Waals surface area contributed by atoms with Gasteiger partial charge < -0.3 is 18.8 Å². The smallest absolute Gasteiger partial charge is 0.161 e. The summed E-state index contributed by atoms with van der Waals surface area (Å²) in [5.41, 5.74) is 6.36. The number of imidazole rings is 1. The van der Waals surface area contributed by atoms with Crippen LogP contribution in [0.1, 0.15) is 12.1 Å². The van der Waals surface area contributed by atoms with Gasteiger partial charge in [-0.25, -0.2) is 4.98 Å². The van der Waals surface area contributed by atoms with Crippen LogP contribution in [0.2, 0.25) is 5.02 Å². The van der Waals surface area contributed by atoms with Crippen molar-refractivity contribution in [1.82, 2.24) is 19.2 Å². The summed E-state index contributed by atoms with van der Waals surface area (Å²) in [6.45, 7) is 5.16. The Morgan fingerprint density at radius 2 is 1.57 bits per heavy atom. The maximum atomic E-state index is 6.18. The molecule has 0 radical (unpaired) electrons. The molecule has 2 aromatic heterocycles. The molecular formula is C28H31ClN4O2. The Morgan fingerprint density at radius 1 is 0.829 bits per heavy atom. The molecule has 0 spiro atoms. The highest BCUT2D eigenvalue weighted by Crippen LogP contribution is 2.34. The molecule has 0 saturated carbocycles. The van der Waals surface area contributed by atoms with Crippen LogP contribution < -0.4 is 9.47 Å². The van der Waals surface area contributed by atoms with Crippen molar-refractivity contribution in [2.75, 3.05) is 47.4 Å². The Hall–Kier alpha value is -3.06. The Bertz CT molecular complexity index is 1320. The Morgan fingerprint density at radius 3 is 2.34 bits per heavy atom.